The van der Waals surface area contributed by atoms with Crippen LogP contribution in [0.2, 0.25) is 0 Å². The van der Waals surface area contributed by atoms with Gasteiger partial charge in [0.15, 0.2) is 0 Å². The molecule has 0 unspecified atom stereocenters. The average Bonchev–Trinajstić information content (AvgIpc) is 3.07. The highest BCUT2D eigenvalue weighted by Crippen LogP contribution is 2.14. The summed E-state index contributed by atoms with van der Waals surface area (Å²) in [6.07, 6.45) is 9.65. The number of unbranched alkanes of at least 4 members (excludes halogenated alkanes) is 2. The number of carbonyl (C=O) groups excluding carboxylic acids is 1. The molecule has 0 saturated heterocycles. The van der Waals surface area contributed by atoms with Crippen molar-refractivity contribution in [3.8, 4) is 5.75 Å². The molecule has 1 aromatic heterocycles. The van der Waals surface area contributed by atoms with Crippen molar-refractivity contribution in [2.75, 3.05) is 6.61 Å². The number of aryl methyl sites for hydroxylation is 2. The van der Waals surface area contributed by atoms with E-state index in [0.29, 0.717) is 18.8 Å². The Hall–Kier alpha value is -2.56. The molecule has 0 atom stereocenters. The molecule has 0 saturated carbocycles. The highest BCUT2D eigenvalue weighted by atomic mass is 16.5. The van der Waals surface area contributed by atoms with Gasteiger partial charge >= 0.3 is 0 Å². The number of aromatic nitrogens is 2. The second-order valence-electron chi connectivity index (χ2n) is 6.58. The van der Waals surface area contributed by atoms with Crippen LogP contribution in [-0.4, -0.2) is 22.3 Å². The predicted octanol–water partition coefficient (Wildman–Crippen LogP) is 4.43. The van der Waals surface area contributed by atoms with E-state index in [9.17, 15) is 4.79 Å². The van der Waals surface area contributed by atoms with Gasteiger partial charge in [-0.1, -0.05) is 44.6 Å². The van der Waals surface area contributed by atoms with Crippen molar-refractivity contribution < 1.29 is 9.53 Å². The van der Waals surface area contributed by atoms with E-state index in [0.717, 1.165) is 42.7 Å². The van der Waals surface area contributed by atoms with Gasteiger partial charge in [0, 0.05) is 13.6 Å². The average molecular weight is 370 g/mol. The molecule has 27 heavy (non-hydrogen) atoms. The van der Waals surface area contributed by atoms with Crippen LogP contribution in [0.25, 0.3) is 0 Å². The molecule has 1 heterocycles. The molecule has 1 aromatic carbocycles. The van der Waals surface area contributed by atoms with Crippen LogP contribution in [0.5, 0.6) is 5.75 Å². The molecule has 5 nitrogen and oxygen atoms in total. The normalized spacial score (nSPS) is 11.1. The van der Waals surface area contributed by atoms with Gasteiger partial charge in [-0.3, -0.25) is 9.48 Å². The fourth-order valence-corrected chi connectivity index (χ4v) is 2.72. The van der Waals surface area contributed by atoms with Gasteiger partial charge in [0.05, 0.1) is 12.3 Å². The Labute approximate surface area is 162 Å². The molecule has 146 valence electrons. The topological polar surface area (TPSA) is 56.1 Å². The third-order valence-electron chi connectivity index (χ3n) is 4.28. The summed E-state index contributed by atoms with van der Waals surface area (Å²) in [5, 5.41) is 7.27. The lowest BCUT2D eigenvalue weighted by Gasteiger charge is -2.09. The van der Waals surface area contributed by atoms with Gasteiger partial charge in [-0.05, 0) is 49.4 Å². The smallest absolute Gasteiger partial charge is 0.269 e. The zero-order valence-corrected chi connectivity index (χ0v) is 16.7. The molecule has 1 N–H and O–H groups in total. The second-order valence-corrected chi connectivity index (χ2v) is 6.58. The van der Waals surface area contributed by atoms with E-state index >= 15 is 0 Å². The highest BCUT2D eigenvalue weighted by molar-refractivity contribution is 5.92. The number of benzene rings is 1. The molecular weight excluding hydrogens is 338 g/mol. The Bertz CT molecular complexity index is 750. The Morgan fingerprint density at radius 3 is 2.78 bits per heavy atom. The third-order valence-corrected chi connectivity index (χ3v) is 4.28. The van der Waals surface area contributed by atoms with Crippen molar-refractivity contribution in [2.45, 2.75) is 52.5 Å². The maximum absolute atomic E-state index is 12.4. The zero-order chi connectivity index (χ0) is 19.5. The van der Waals surface area contributed by atoms with Crippen LogP contribution in [0.1, 0.15) is 61.3 Å². The van der Waals surface area contributed by atoms with E-state index in [4.69, 9.17) is 4.74 Å². The maximum Gasteiger partial charge on any atom is 0.269 e. The predicted molar refractivity (Wildman–Crippen MR) is 109 cm³/mol. The quantitative estimate of drug-likeness (QED) is 0.471. The number of carbonyl (C=O) groups is 1. The Morgan fingerprint density at radius 2 is 2.04 bits per heavy atom. The van der Waals surface area contributed by atoms with Crippen LogP contribution >= 0.6 is 0 Å². The minimum absolute atomic E-state index is 0.116. The number of hydrogen-bond acceptors (Lipinski definition) is 3. The summed E-state index contributed by atoms with van der Waals surface area (Å²) < 4.78 is 7.45. The number of amides is 1. The van der Waals surface area contributed by atoms with Crippen molar-refractivity contribution >= 4 is 5.91 Å². The first-order valence-corrected chi connectivity index (χ1v) is 9.81. The first kappa shape index (κ1) is 20.7. The Kier molecular flexibility index (Phi) is 8.62. The van der Waals surface area contributed by atoms with Crippen LogP contribution in [0.4, 0.5) is 0 Å². The van der Waals surface area contributed by atoms with Crippen LogP contribution in [0.3, 0.4) is 0 Å². The SMILES string of the molecule is CCCC=CCCCOc1cccc(CNC(=O)c2cc(CC)nn2C)c1. The van der Waals surface area contributed by atoms with E-state index in [-0.39, 0.29) is 5.91 Å². The van der Waals surface area contributed by atoms with E-state index < -0.39 is 0 Å². The molecule has 2 rings (SSSR count). The van der Waals surface area contributed by atoms with Gasteiger partial charge in [0.2, 0.25) is 0 Å². The number of ether oxygens (including phenoxy) is 1. The van der Waals surface area contributed by atoms with Crippen molar-refractivity contribution in [3.63, 3.8) is 0 Å². The molecule has 0 aliphatic heterocycles. The largest absolute Gasteiger partial charge is 0.494 e. The fourth-order valence-electron chi connectivity index (χ4n) is 2.72. The summed E-state index contributed by atoms with van der Waals surface area (Å²) in [6, 6.07) is 9.71. The minimum atomic E-state index is -0.116. The summed E-state index contributed by atoms with van der Waals surface area (Å²) in [4.78, 5) is 12.4. The lowest BCUT2D eigenvalue weighted by molar-refractivity contribution is 0.0941. The van der Waals surface area contributed by atoms with Gasteiger partial charge in [0.1, 0.15) is 11.4 Å². The van der Waals surface area contributed by atoms with E-state index in [2.05, 4.69) is 29.5 Å². The monoisotopic (exact) mass is 369 g/mol. The third kappa shape index (κ3) is 6.93. The van der Waals surface area contributed by atoms with Gasteiger partial charge in [-0.25, -0.2) is 0 Å². The number of nitrogens with one attached hydrogen (secondary N) is 1. The first-order chi connectivity index (χ1) is 13.1. The highest BCUT2D eigenvalue weighted by Gasteiger charge is 2.12. The second kappa shape index (κ2) is 11.2. The molecule has 1 amide bonds. The molecule has 0 aliphatic carbocycles. The van der Waals surface area contributed by atoms with Gasteiger partial charge in [-0.15, -0.1) is 0 Å². The molecule has 2 aromatic rings. The molecule has 0 bridgehead atoms. The summed E-state index contributed by atoms with van der Waals surface area (Å²) in [7, 11) is 1.79. The summed E-state index contributed by atoms with van der Waals surface area (Å²) >= 11 is 0. The van der Waals surface area contributed by atoms with Crippen LogP contribution in [-0.2, 0) is 20.0 Å². The van der Waals surface area contributed by atoms with Crippen LogP contribution in [0, 0.1) is 0 Å². The number of rotatable bonds is 11. The van der Waals surface area contributed by atoms with E-state index in [1.54, 1.807) is 11.7 Å². The molecule has 0 spiro atoms. The fraction of sp³-hybridized carbons (Fsp3) is 0.455. The molecular formula is C22H31N3O2. The van der Waals surface area contributed by atoms with Crippen LogP contribution in [0.15, 0.2) is 42.5 Å². The lowest BCUT2D eigenvalue weighted by atomic mass is 10.2. The van der Waals surface area contributed by atoms with Gasteiger partial charge in [-0.2, -0.15) is 5.10 Å². The van der Waals surface area contributed by atoms with Crippen molar-refractivity contribution in [1.82, 2.24) is 15.1 Å². The van der Waals surface area contributed by atoms with Gasteiger partial charge < -0.3 is 10.1 Å². The maximum atomic E-state index is 12.4. The number of hydrogen-bond donors (Lipinski definition) is 1. The van der Waals surface area contributed by atoms with E-state index in [1.807, 2.05) is 37.3 Å². The molecule has 0 fully saturated rings. The molecule has 0 aliphatic rings. The summed E-state index contributed by atoms with van der Waals surface area (Å²) in [5.74, 6) is 0.725. The minimum Gasteiger partial charge on any atom is -0.494 e. The molecule has 0 radical (unpaired) electrons. The Morgan fingerprint density at radius 1 is 1.22 bits per heavy atom. The van der Waals surface area contributed by atoms with Gasteiger partial charge in [0.25, 0.3) is 5.91 Å². The number of allylic oxidation sites excluding steroid dienone is 2. The zero-order valence-electron chi connectivity index (χ0n) is 16.7. The Balaban J connectivity index is 1.79. The van der Waals surface area contributed by atoms with Crippen LogP contribution < -0.4 is 10.1 Å². The van der Waals surface area contributed by atoms with Crippen molar-refractivity contribution in [2.24, 2.45) is 7.05 Å². The van der Waals surface area contributed by atoms with E-state index in [1.165, 1.54) is 6.42 Å². The summed E-state index contributed by atoms with van der Waals surface area (Å²) in [5.41, 5.74) is 2.51. The summed E-state index contributed by atoms with van der Waals surface area (Å²) in [6.45, 7) is 5.36. The molecule has 5 heteroatoms. The number of nitrogens with zero attached hydrogens (tertiary/aromatic N) is 2. The van der Waals surface area contributed by atoms with Crippen molar-refractivity contribution in [1.29, 1.82) is 0 Å². The first-order valence-electron chi connectivity index (χ1n) is 9.81. The standard InChI is InChI=1S/C22H31N3O2/c1-4-6-7-8-9-10-14-27-20-13-11-12-18(15-20)17-23-22(26)21-16-19(5-2)24-25(21)3/h7-8,11-13,15-16H,4-6,9-10,14,17H2,1-3H3,(H,23,26). The van der Waals surface area contributed by atoms with Crippen molar-refractivity contribution in [3.05, 3.63) is 59.4 Å². The lowest BCUT2D eigenvalue weighted by Crippen LogP contribution is -2.25.